The van der Waals surface area contributed by atoms with E-state index in [0.29, 0.717) is 16.9 Å². The molecule has 2 aromatic rings. The molecule has 3 rings (SSSR count). The van der Waals surface area contributed by atoms with Crippen molar-refractivity contribution in [2.75, 3.05) is 7.11 Å². The van der Waals surface area contributed by atoms with Crippen LogP contribution in [0.1, 0.15) is 44.2 Å². The molecular weight excluding hydrogens is 374 g/mol. The van der Waals surface area contributed by atoms with Gasteiger partial charge in [0.25, 0.3) is 0 Å². The highest BCUT2D eigenvalue weighted by Crippen LogP contribution is 2.44. The SMILES string of the molecule is COc1ccc([C@H]2OC(C(=O)O)[C@@H](c3ccccc3)N2C(=O)OC(C)(C)C)cc1. The first kappa shape index (κ1) is 20.7. The number of aliphatic carboxylic acids is 1. The van der Waals surface area contributed by atoms with Gasteiger partial charge in [0.15, 0.2) is 12.3 Å². The van der Waals surface area contributed by atoms with Crippen molar-refractivity contribution in [1.29, 1.82) is 0 Å². The van der Waals surface area contributed by atoms with E-state index in [0.717, 1.165) is 0 Å². The summed E-state index contributed by atoms with van der Waals surface area (Å²) < 4.78 is 16.7. The van der Waals surface area contributed by atoms with Crippen LogP contribution in [0.5, 0.6) is 5.75 Å². The van der Waals surface area contributed by atoms with Gasteiger partial charge in [-0.15, -0.1) is 0 Å². The van der Waals surface area contributed by atoms with Gasteiger partial charge in [-0.2, -0.15) is 0 Å². The Morgan fingerprint density at radius 1 is 1.00 bits per heavy atom. The molecule has 0 bridgehead atoms. The molecule has 3 atom stereocenters. The fourth-order valence-electron chi connectivity index (χ4n) is 3.28. The van der Waals surface area contributed by atoms with Crippen LogP contribution in [0.25, 0.3) is 0 Å². The molecule has 1 aliphatic rings. The lowest BCUT2D eigenvalue weighted by Gasteiger charge is -2.31. The van der Waals surface area contributed by atoms with Gasteiger partial charge in [0.2, 0.25) is 0 Å². The normalized spacial score (nSPS) is 21.7. The molecule has 1 saturated heterocycles. The van der Waals surface area contributed by atoms with E-state index in [9.17, 15) is 14.7 Å². The van der Waals surface area contributed by atoms with E-state index in [2.05, 4.69) is 0 Å². The summed E-state index contributed by atoms with van der Waals surface area (Å²) in [7, 11) is 1.56. The lowest BCUT2D eigenvalue weighted by Crippen LogP contribution is -2.40. The summed E-state index contributed by atoms with van der Waals surface area (Å²) in [6, 6.07) is 15.1. The van der Waals surface area contributed by atoms with Gasteiger partial charge >= 0.3 is 12.1 Å². The van der Waals surface area contributed by atoms with E-state index < -0.39 is 36.0 Å². The van der Waals surface area contributed by atoms with Crippen molar-refractivity contribution in [1.82, 2.24) is 4.90 Å². The van der Waals surface area contributed by atoms with Crippen molar-refractivity contribution in [3.05, 3.63) is 65.7 Å². The minimum atomic E-state index is -1.24. The Bertz CT molecular complexity index is 859. The molecule has 2 aromatic carbocycles. The Kier molecular flexibility index (Phi) is 5.79. The lowest BCUT2D eigenvalue weighted by molar-refractivity contribution is -0.150. The monoisotopic (exact) mass is 399 g/mol. The molecule has 7 nitrogen and oxygen atoms in total. The van der Waals surface area contributed by atoms with E-state index in [-0.39, 0.29) is 0 Å². The first-order chi connectivity index (χ1) is 13.7. The zero-order valence-corrected chi connectivity index (χ0v) is 16.9. The van der Waals surface area contributed by atoms with Crippen LogP contribution in [0, 0.1) is 0 Å². The molecule has 1 fully saturated rings. The number of rotatable bonds is 4. The number of benzene rings is 2. The average Bonchev–Trinajstić information content (AvgIpc) is 3.08. The number of nitrogens with zero attached hydrogens (tertiary/aromatic N) is 1. The summed E-state index contributed by atoms with van der Waals surface area (Å²) in [6.45, 7) is 5.28. The van der Waals surface area contributed by atoms with Gasteiger partial charge in [-0.1, -0.05) is 42.5 Å². The van der Waals surface area contributed by atoms with Gasteiger partial charge < -0.3 is 19.3 Å². The predicted octanol–water partition coefficient (Wildman–Crippen LogP) is 4.16. The summed E-state index contributed by atoms with van der Waals surface area (Å²) in [5, 5.41) is 9.80. The van der Waals surface area contributed by atoms with Crippen LogP contribution in [-0.4, -0.2) is 40.9 Å². The van der Waals surface area contributed by atoms with Gasteiger partial charge in [0, 0.05) is 5.56 Å². The number of methoxy groups -OCH3 is 1. The molecule has 1 amide bonds. The van der Waals surface area contributed by atoms with Crippen LogP contribution in [0.3, 0.4) is 0 Å². The smallest absolute Gasteiger partial charge is 0.413 e. The molecule has 1 N–H and O–H groups in total. The van der Waals surface area contributed by atoms with Gasteiger partial charge in [-0.3, -0.25) is 4.90 Å². The summed E-state index contributed by atoms with van der Waals surface area (Å²) in [5.41, 5.74) is 0.535. The molecule has 0 spiro atoms. The van der Waals surface area contributed by atoms with E-state index >= 15 is 0 Å². The Morgan fingerprint density at radius 3 is 2.14 bits per heavy atom. The van der Waals surface area contributed by atoms with Gasteiger partial charge in [-0.25, -0.2) is 9.59 Å². The number of carbonyl (C=O) groups is 2. The molecule has 0 aromatic heterocycles. The van der Waals surface area contributed by atoms with Crippen LogP contribution in [-0.2, 0) is 14.3 Å². The minimum Gasteiger partial charge on any atom is -0.497 e. The maximum atomic E-state index is 13.1. The van der Waals surface area contributed by atoms with Crippen molar-refractivity contribution < 1.29 is 28.9 Å². The van der Waals surface area contributed by atoms with E-state index in [1.54, 1.807) is 76.4 Å². The minimum absolute atomic E-state index is 0.626. The highest BCUT2D eigenvalue weighted by molar-refractivity contribution is 5.77. The number of amides is 1. The predicted molar refractivity (Wildman–Crippen MR) is 105 cm³/mol. The molecule has 0 aliphatic carbocycles. The fraction of sp³-hybridized carbons (Fsp3) is 0.364. The van der Waals surface area contributed by atoms with Crippen LogP contribution in [0.2, 0.25) is 0 Å². The lowest BCUT2D eigenvalue weighted by atomic mass is 10.0. The van der Waals surface area contributed by atoms with Crippen LogP contribution < -0.4 is 4.74 Å². The van der Waals surface area contributed by atoms with Crippen molar-refractivity contribution in [3.63, 3.8) is 0 Å². The van der Waals surface area contributed by atoms with Crippen molar-refractivity contribution in [2.24, 2.45) is 0 Å². The third kappa shape index (κ3) is 4.51. The van der Waals surface area contributed by atoms with Crippen LogP contribution in [0.4, 0.5) is 4.79 Å². The summed E-state index contributed by atoms with van der Waals surface area (Å²) >= 11 is 0. The Labute approximate surface area is 169 Å². The van der Waals surface area contributed by atoms with Crippen LogP contribution in [0.15, 0.2) is 54.6 Å². The second-order valence-electron chi connectivity index (χ2n) is 7.76. The first-order valence-electron chi connectivity index (χ1n) is 9.30. The number of carbonyl (C=O) groups excluding carboxylic acids is 1. The largest absolute Gasteiger partial charge is 0.497 e. The Balaban J connectivity index is 2.07. The maximum Gasteiger partial charge on any atom is 0.413 e. The molecule has 7 heteroatoms. The number of hydrogen-bond donors (Lipinski definition) is 1. The molecule has 1 heterocycles. The third-order valence-corrected chi connectivity index (χ3v) is 4.50. The molecule has 0 radical (unpaired) electrons. The van der Waals surface area contributed by atoms with E-state index in [1.807, 2.05) is 6.07 Å². The molecular formula is C22H25NO6. The van der Waals surface area contributed by atoms with Crippen molar-refractivity contribution >= 4 is 12.1 Å². The average molecular weight is 399 g/mol. The van der Waals surface area contributed by atoms with Crippen molar-refractivity contribution in [2.45, 2.75) is 44.7 Å². The topological polar surface area (TPSA) is 85.3 Å². The zero-order valence-electron chi connectivity index (χ0n) is 16.9. The second kappa shape index (κ2) is 8.13. The quantitative estimate of drug-likeness (QED) is 0.831. The first-order valence-corrected chi connectivity index (χ1v) is 9.30. The Morgan fingerprint density at radius 2 is 1.62 bits per heavy atom. The standard InChI is InChI=1S/C22H25NO6/c1-22(2,3)29-21(26)23-17(14-8-6-5-7-9-14)18(20(24)25)28-19(23)15-10-12-16(27-4)13-11-15/h5-13,17-19H,1-4H3,(H,24,25)/t17-,18?,19-/m1/s1. The fourth-order valence-corrected chi connectivity index (χ4v) is 3.28. The molecule has 154 valence electrons. The second-order valence-corrected chi connectivity index (χ2v) is 7.76. The van der Waals surface area contributed by atoms with E-state index in [4.69, 9.17) is 14.2 Å². The highest BCUT2D eigenvalue weighted by atomic mass is 16.6. The third-order valence-electron chi connectivity index (χ3n) is 4.50. The summed E-state index contributed by atoms with van der Waals surface area (Å²) in [6.07, 6.45) is -2.80. The number of carboxylic acid groups (broad SMARTS) is 1. The molecule has 1 aliphatic heterocycles. The summed E-state index contributed by atoms with van der Waals surface area (Å²) in [5.74, 6) is -0.506. The highest BCUT2D eigenvalue weighted by Gasteiger charge is 2.51. The molecule has 29 heavy (non-hydrogen) atoms. The van der Waals surface area contributed by atoms with E-state index in [1.165, 1.54) is 4.90 Å². The van der Waals surface area contributed by atoms with Gasteiger partial charge in [0.05, 0.1) is 7.11 Å². The van der Waals surface area contributed by atoms with Crippen molar-refractivity contribution in [3.8, 4) is 5.75 Å². The molecule has 1 unspecified atom stereocenters. The molecule has 0 saturated carbocycles. The maximum absolute atomic E-state index is 13.1. The van der Waals surface area contributed by atoms with Gasteiger partial charge in [0.1, 0.15) is 17.4 Å². The Hall–Kier alpha value is -3.06. The van der Waals surface area contributed by atoms with Gasteiger partial charge in [-0.05, 0) is 38.5 Å². The van der Waals surface area contributed by atoms with Crippen LogP contribution >= 0.6 is 0 Å². The number of hydrogen-bond acceptors (Lipinski definition) is 5. The zero-order chi connectivity index (χ0) is 21.2. The number of ether oxygens (including phenoxy) is 3. The summed E-state index contributed by atoms with van der Waals surface area (Å²) in [4.78, 5) is 26.5. The number of carboxylic acids is 1.